The Morgan fingerprint density at radius 3 is 2.88 bits per heavy atom. The normalized spacial score (nSPS) is 11.4. The van der Waals surface area contributed by atoms with E-state index < -0.39 is 0 Å². The fourth-order valence-electron chi connectivity index (χ4n) is 2.56. The smallest absolute Gasteiger partial charge is 0.140 e. The van der Waals surface area contributed by atoms with Crippen LogP contribution in [0, 0.1) is 22.7 Å². The molecule has 0 atom stereocenters. The molecule has 24 heavy (non-hydrogen) atoms. The molecule has 0 saturated heterocycles. The number of nitrogens with two attached hydrogens (primary N) is 1. The highest BCUT2D eigenvalue weighted by Gasteiger charge is 2.19. The van der Waals surface area contributed by atoms with Gasteiger partial charge in [-0.15, -0.1) is 0 Å². The minimum atomic E-state index is -0.162. The van der Waals surface area contributed by atoms with E-state index in [0.29, 0.717) is 0 Å². The first-order chi connectivity index (χ1) is 11.7. The number of hydrogen-bond donors (Lipinski definition) is 3. The maximum atomic E-state index is 9.52. The summed E-state index contributed by atoms with van der Waals surface area (Å²) in [6.07, 6.45) is 3.47. The first-order valence-electron chi connectivity index (χ1n) is 7.25. The molecule has 118 valence electrons. The van der Waals surface area contributed by atoms with Crippen molar-refractivity contribution in [3.05, 3.63) is 47.3 Å². The molecule has 0 radical (unpaired) electrons. The Labute approximate surface area is 137 Å². The average molecular weight is 318 g/mol. The number of nitrogens with zero attached hydrogens (tertiary/aromatic N) is 4. The van der Waals surface area contributed by atoms with Crippen molar-refractivity contribution in [3.63, 3.8) is 0 Å². The molecule has 3 aromatic rings. The Bertz CT molecular complexity index is 1010. The molecule has 0 bridgehead atoms. The van der Waals surface area contributed by atoms with Gasteiger partial charge >= 0.3 is 0 Å². The predicted octanol–water partition coefficient (Wildman–Crippen LogP) is 1.87. The lowest BCUT2D eigenvalue weighted by atomic mass is 10.1. The Kier molecular flexibility index (Phi) is 4.02. The Morgan fingerprint density at radius 1 is 1.38 bits per heavy atom. The monoisotopic (exact) mass is 318 g/mol. The van der Waals surface area contributed by atoms with E-state index in [2.05, 4.69) is 16.2 Å². The molecule has 7 heteroatoms. The second kappa shape index (κ2) is 6.29. The van der Waals surface area contributed by atoms with Crippen molar-refractivity contribution >= 4 is 28.4 Å². The summed E-state index contributed by atoms with van der Waals surface area (Å²) in [5, 5.41) is 33.1. The molecule has 2 heterocycles. The van der Waals surface area contributed by atoms with Crippen LogP contribution < -0.4 is 5.73 Å². The summed E-state index contributed by atoms with van der Waals surface area (Å²) in [5.41, 5.74) is 8.24. The van der Waals surface area contributed by atoms with Crippen LogP contribution >= 0.6 is 0 Å². The van der Waals surface area contributed by atoms with Crippen LogP contribution in [0.25, 0.3) is 22.6 Å². The quantitative estimate of drug-likeness (QED) is 0.633. The number of benzene rings is 1. The van der Waals surface area contributed by atoms with E-state index in [4.69, 9.17) is 10.8 Å². The number of aromatic nitrogens is 3. The van der Waals surface area contributed by atoms with Gasteiger partial charge < -0.3 is 15.8 Å². The number of allylic oxidation sites excluding steroid dienone is 1. The molecule has 0 unspecified atom stereocenters. The van der Waals surface area contributed by atoms with Crippen LogP contribution in [0.1, 0.15) is 16.8 Å². The van der Waals surface area contributed by atoms with Gasteiger partial charge in [0.15, 0.2) is 0 Å². The summed E-state index contributed by atoms with van der Waals surface area (Å²) in [4.78, 5) is 3.13. The molecular weight excluding hydrogens is 304 g/mol. The zero-order chi connectivity index (χ0) is 17.1. The van der Waals surface area contributed by atoms with Gasteiger partial charge in [-0.05, 0) is 12.1 Å². The van der Waals surface area contributed by atoms with Crippen LogP contribution in [-0.2, 0) is 6.54 Å². The molecule has 0 fully saturated rings. The summed E-state index contributed by atoms with van der Waals surface area (Å²) in [6.45, 7) is -0.00343. The largest absolute Gasteiger partial charge is 0.394 e. The number of aromatic amines is 1. The molecule has 7 nitrogen and oxygen atoms in total. The lowest BCUT2D eigenvalue weighted by molar-refractivity contribution is 0.270. The number of nitriles is 2. The van der Waals surface area contributed by atoms with Crippen LogP contribution in [0.15, 0.2) is 30.5 Å². The predicted molar refractivity (Wildman–Crippen MR) is 90.2 cm³/mol. The van der Waals surface area contributed by atoms with Gasteiger partial charge in [0.25, 0.3) is 0 Å². The number of hydrogen-bond acceptors (Lipinski definition) is 5. The highest BCUT2D eigenvalue weighted by Crippen LogP contribution is 2.27. The molecule has 1 aromatic carbocycles. The van der Waals surface area contributed by atoms with Gasteiger partial charge in [-0.3, -0.25) is 0 Å². The van der Waals surface area contributed by atoms with Crippen molar-refractivity contribution in [1.82, 2.24) is 14.8 Å². The molecular formula is C17H14N6O. The van der Waals surface area contributed by atoms with Crippen LogP contribution in [0.4, 0.5) is 5.82 Å². The first kappa shape index (κ1) is 15.3. The van der Waals surface area contributed by atoms with E-state index in [1.165, 1.54) is 4.68 Å². The fraction of sp³-hybridized carbons (Fsp3) is 0.118. The van der Waals surface area contributed by atoms with Gasteiger partial charge in [0.05, 0.1) is 18.7 Å². The molecule has 0 aliphatic rings. The lowest BCUT2D eigenvalue weighted by Gasteiger charge is -1.98. The van der Waals surface area contributed by atoms with Gasteiger partial charge in [0.2, 0.25) is 0 Å². The molecule has 0 amide bonds. The summed E-state index contributed by atoms with van der Waals surface area (Å²) in [6, 6.07) is 11.8. The van der Waals surface area contributed by atoms with Crippen molar-refractivity contribution in [2.45, 2.75) is 6.54 Å². The number of H-pyrrole nitrogens is 1. The number of fused-ring (bicyclic) bond motifs is 1. The van der Waals surface area contributed by atoms with Crippen molar-refractivity contribution in [1.29, 1.82) is 10.5 Å². The maximum absolute atomic E-state index is 9.52. The third kappa shape index (κ3) is 2.50. The number of rotatable bonds is 4. The van der Waals surface area contributed by atoms with Gasteiger partial charge in [0, 0.05) is 22.7 Å². The van der Waals surface area contributed by atoms with Crippen LogP contribution in [0.3, 0.4) is 0 Å². The third-order valence-electron chi connectivity index (χ3n) is 3.71. The van der Waals surface area contributed by atoms with E-state index in [1.807, 2.05) is 30.3 Å². The molecule has 0 spiro atoms. The highest BCUT2D eigenvalue weighted by molar-refractivity contribution is 5.98. The summed E-state index contributed by atoms with van der Waals surface area (Å²) in [7, 11) is 0. The van der Waals surface area contributed by atoms with Gasteiger partial charge in [0.1, 0.15) is 29.2 Å². The Morgan fingerprint density at radius 2 is 2.17 bits per heavy atom. The number of nitrogens with one attached hydrogen (secondary N) is 1. The molecule has 0 aliphatic carbocycles. The van der Waals surface area contributed by atoms with Gasteiger partial charge in [-0.2, -0.15) is 15.6 Å². The average Bonchev–Trinajstić information content (AvgIpc) is 3.14. The van der Waals surface area contributed by atoms with E-state index >= 15 is 0 Å². The van der Waals surface area contributed by atoms with E-state index in [1.54, 1.807) is 12.3 Å². The third-order valence-corrected chi connectivity index (χ3v) is 3.71. The molecule has 0 saturated carbocycles. The fourth-order valence-corrected chi connectivity index (χ4v) is 2.56. The Balaban J connectivity index is 2.15. The van der Waals surface area contributed by atoms with E-state index in [9.17, 15) is 10.5 Å². The Hall–Kier alpha value is -3.55. The van der Waals surface area contributed by atoms with Crippen LogP contribution in [-0.4, -0.2) is 26.5 Å². The van der Waals surface area contributed by atoms with E-state index in [0.717, 1.165) is 16.5 Å². The van der Waals surface area contributed by atoms with Crippen molar-refractivity contribution < 1.29 is 5.11 Å². The van der Waals surface area contributed by atoms with Crippen molar-refractivity contribution in [2.24, 2.45) is 0 Å². The SMILES string of the molecule is N#CC(=Cc1c[nH]c2ccccc12)c1nn(CCO)c(N)c1C#N. The van der Waals surface area contributed by atoms with E-state index in [-0.39, 0.29) is 35.8 Å². The van der Waals surface area contributed by atoms with Crippen LogP contribution in [0.2, 0.25) is 0 Å². The zero-order valence-electron chi connectivity index (χ0n) is 12.7. The maximum Gasteiger partial charge on any atom is 0.140 e. The molecule has 4 N–H and O–H groups in total. The zero-order valence-corrected chi connectivity index (χ0v) is 12.7. The number of anilines is 1. The highest BCUT2D eigenvalue weighted by atomic mass is 16.3. The number of para-hydroxylation sites is 1. The molecule has 3 rings (SSSR count). The second-order valence-corrected chi connectivity index (χ2v) is 5.13. The lowest BCUT2D eigenvalue weighted by Crippen LogP contribution is -2.07. The van der Waals surface area contributed by atoms with Crippen molar-refractivity contribution in [2.75, 3.05) is 12.3 Å². The van der Waals surface area contributed by atoms with Gasteiger partial charge in [-0.1, -0.05) is 18.2 Å². The molecule has 0 aliphatic heterocycles. The molecule has 2 aromatic heterocycles. The second-order valence-electron chi connectivity index (χ2n) is 5.13. The van der Waals surface area contributed by atoms with Crippen molar-refractivity contribution in [3.8, 4) is 12.1 Å². The summed E-state index contributed by atoms with van der Waals surface area (Å²) in [5.74, 6) is 0.140. The number of aliphatic hydroxyl groups excluding tert-OH is 1. The first-order valence-corrected chi connectivity index (χ1v) is 7.25. The number of nitrogen functional groups attached to an aromatic ring is 1. The minimum absolute atomic E-state index is 0.135. The topological polar surface area (TPSA) is 127 Å². The van der Waals surface area contributed by atoms with Crippen LogP contribution in [0.5, 0.6) is 0 Å². The minimum Gasteiger partial charge on any atom is -0.394 e. The summed E-state index contributed by atoms with van der Waals surface area (Å²) >= 11 is 0. The van der Waals surface area contributed by atoms with Gasteiger partial charge in [-0.25, -0.2) is 4.68 Å². The summed E-state index contributed by atoms with van der Waals surface area (Å²) < 4.78 is 1.33. The standard InChI is InChI=1S/C17H14N6O/c18-8-11(7-12-10-21-15-4-2-1-3-13(12)15)16-14(9-19)17(20)23(22-16)5-6-24/h1-4,7,10,21,24H,5-6,20H2. The number of aliphatic hydroxyl groups is 1.